The highest BCUT2D eigenvalue weighted by Crippen LogP contribution is 2.44. The molecular formula is C66H74N7O9-. The van der Waals surface area contributed by atoms with Crippen molar-refractivity contribution in [3.8, 4) is 11.1 Å². The number of benzene rings is 5. The van der Waals surface area contributed by atoms with Crippen LogP contribution in [0.5, 0.6) is 0 Å². The Morgan fingerprint density at radius 2 is 1.40 bits per heavy atom. The van der Waals surface area contributed by atoms with Gasteiger partial charge in [0.1, 0.15) is 42.1 Å². The van der Waals surface area contributed by atoms with Crippen LogP contribution in [-0.4, -0.2) is 107 Å². The molecule has 428 valence electrons. The van der Waals surface area contributed by atoms with Crippen molar-refractivity contribution in [3.63, 3.8) is 0 Å². The molecule has 5 amide bonds. The molecule has 0 saturated carbocycles. The highest BCUT2D eigenvalue weighted by atomic mass is 16.6. The summed E-state index contributed by atoms with van der Waals surface area (Å²) in [5.41, 5.74) is 7.44. The van der Waals surface area contributed by atoms with Gasteiger partial charge in [0.05, 0.1) is 0 Å². The van der Waals surface area contributed by atoms with Crippen molar-refractivity contribution in [3.05, 3.63) is 167 Å². The number of aliphatic imine (C=N–C) groups is 1. The second kappa shape index (κ2) is 27.4. The highest BCUT2D eigenvalue weighted by molar-refractivity contribution is 6.09. The number of rotatable bonds is 22. The van der Waals surface area contributed by atoms with Gasteiger partial charge in [-0.05, 0) is 77.5 Å². The number of carbonyl (C=O) groups is 7. The summed E-state index contributed by atoms with van der Waals surface area (Å²) in [5, 5.41) is 26.5. The fourth-order valence-electron chi connectivity index (χ4n) is 11.7. The summed E-state index contributed by atoms with van der Waals surface area (Å²) in [6.45, 7) is 6.42. The first-order chi connectivity index (χ1) is 39.8. The fourth-order valence-corrected chi connectivity index (χ4v) is 11.7. The van der Waals surface area contributed by atoms with Gasteiger partial charge in [-0.15, -0.1) is 0 Å². The van der Waals surface area contributed by atoms with Gasteiger partial charge in [-0.25, -0.2) is 0 Å². The lowest BCUT2D eigenvalue weighted by atomic mass is 9.93. The number of nitrogens with zero attached hydrogens (tertiary/aromatic N) is 3. The molecule has 5 aromatic carbocycles. The summed E-state index contributed by atoms with van der Waals surface area (Å²) in [5.74, 6) is -2.78. The van der Waals surface area contributed by atoms with Crippen LogP contribution in [0, 0.1) is 5.92 Å². The molecule has 2 saturated heterocycles. The average Bonchev–Trinajstić information content (AvgIpc) is 4.17. The number of unbranched alkanes of at least 4 members (excludes halogenated alkanes) is 2. The van der Waals surface area contributed by atoms with Gasteiger partial charge in [-0.1, -0.05) is 161 Å². The molecule has 16 nitrogen and oxygen atoms in total. The summed E-state index contributed by atoms with van der Waals surface area (Å²) in [6, 6.07) is 34.4. The van der Waals surface area contributed by atoms with Crippen LogP contribution >= 0.6 is 0 Å². The number of piperidine rings is 1. The number of aromatic nitrogens is 1. The third-order valence-electron chi connectivity index (χ3n) is 16.5. The molecule has 4 N–H and O–H groups in total. The van der Waals surface area contributed by atoms with Crippen LogP contribution in [0.3, 0.4) is 0 Å². The SMILES string of the molecule is CCC(=O)CCCCC[C@@H]1NC(=O)C2CCCCN2C(=O)[C@H](C(C)CC)NC(=O)[C@H](Cc2cn(CCNC(=O)[C@H](Cc3ccc(C(=O)c4ccccc4)cc3)N=C([O-])OCC3c4ccccc4-c4ccccc43)c3ccccc23)NC1=O. The quantitative estimate of drug-likeness (QED) is 0.0228. The molecule has 2 unspecified atom stereocenters. The number of carbonyl (C=O) groups excluding carboxylic acids is 7. The van der Waals surface area contributed by atoms with Crippen molar-refractivity contribution in [2.24, 2.45) is 10.9 Å². The normalized spacial score (nSPS) is 19.3. The summed E-state index contributed by atoms with van der Waals surface area (Å²) in [7, 11) is 0. The number of ketones is 2. The van der Waals surface area contributed by atoms with Gasteiger partial charge in [0.2, 0.25) is 29.5 Å². The van der Waals surface area contributed by atoms with Crippen LogP contribution in [0.25, 0.3) is 22.0 Å². The molecule has 2 aliphatic heterocycles. The standard InChI is InChI=1S/C66H75N7O9/c1-4-42(3)59-65(80)73-36-19-18-30-58(73)64(79)68-54(28-11-7-10-22-47(74)5-2)62(77)69-56(63(78)71-59)39-46-40-72(57-29-17-16-23-48(46)57)37-35-67-61(76)55(38-43-31-33-45(34-32-43)60(75)44-20-8-6-9-21-44)70-66(81)82-41-53-51-26-14-12-24-49(51)50-25-13-15-27-52(50)53/h6,8-9,12-17,20-21,23-27,29,31-34,40,42,53-56,58-59H,4-5,7,10-11,18-19,22,28,30,35-39,41H2,1-3H3,(H,67,76)(H,68,79)(H,69,77)(H,70,81)(H,71,78)/p-1/t42?,54-,55-,56-,58?,59-/m0/s1. The molecule has 9 rings (SSSR count). The van der Waals surface area contributed by atoms with Crippen LogP contribution in [0.15, 0.2) is 139 Å². The Labute approximate surface area is 479 Å². The topological polar surface area (TPSA) is 220 Å². The fraction of sp³-hybridized carbons (Fsp3) is 0.394. The third-order valence-corrected chi connectivity index (χ3v) is 16.5. The van der Waals surface area contributed by atoms with Gasteiger partial charge in [-0.3, -0.25) is 38.6 Å². The maximum Gasteiger partial charge on any atom is 0.246 e. The molecule has 6 aromatic rings. The Balaban J connectivity index is 0.938. The zero-order valence-corrected chi connectivity index (χ0v) is 47.1. The van der Waals surface area contributed by atoms with Crippen LogP contribution in [0.1, 0.15) is 129 Å². The first-order valence-electron chi connectivity index (χ1n) is 29.1. The molecule has 3 aliphatic rings. The first kappa shape index (κ1) is 58.3. The molecule has 1 aromatic heterocycles. The number of para-hydroxylation sites is 1. The minimum Gasteiger partial charge on any atom is -0.599 e. The highest BCUT2D eigenvalue weighted by Gasteiger charge is 2.41. The number of fused-ring (bicyclic) bond motifs is 5. The lowest BCUT2D eigenvalue weighted by Crippen LogP contribution is -2.64. The molecule has 0 bridgehead atoms. The molecule has 1 aliphatic carbocycles. The molecule has 3 heterocycles. The molecule has 6 atom stereocenters. The van der Waals surface area contributed by atoms with Gasteiger partial charge in [0.25, 0.3) is 0 Å². The molecule has 0 spiro atoms. The smallest absolute Gasteiger partial charge is 0.246 e. The predicted octanol–water partition coefficient (Wildman–Crippen LogP) is 7.51. The Hall–Kier alpha value is -8.40. The van der Waals surface area contributed by atoms with E-state index in [9.17, 15) is 38.7 Å². The zero-order valence-electron chi connectivity index (χ0n) is 47.1. The monoisotopic (exact) mass is 1110 g/mol. The van der Waals surface area contributed by atoms with Crippen LogP contribution in [0.4, 0.5) is 0 Å². The Kier molecular flexibility index (Phi) is 19.5. The largest absolute Gasteiger partial charge is 0.599 e. The van der Waals surface area contributed by atoms with Gasteiger partial charge in [0, 0.05) is 86.1 Å². The molecule has 16 heteroatoms. The van der Waals surface area contributed by atoms with E-state index in [-0.39, 0.29) is 68.3 Å². The molecular weight excluding hydrogens is 1030 g/mol. The third kappa shape index (κ3) is 13.8. The van der Waals surface area contributed by atoms with Gasteiger partial charge in [-0.2, -0.15) is 0 Å². The summed E-state index contributed by atoms with van der Waals surface area (Å²) in [4.78, 5) is 103. The van der Waals surface area contributed by atoms with Gasteiger partial charge in [0.15, 0.2) is 5.78 Å². The number of hydrogen-bond donors (Lipinski definition) is 4. The van der Waals surface area contributed by atoms with Crippen molar-refractivity contribution in [2.75, 3.05) is 19.7 Å². The number of hydrogen-bond acceptors (Lipinski definition) is 10. The second-order valence-corrected chi connectivity index (χ2v) is 21.9. The van der Waals surface area contributed by atoms with Crippen molar-refractivity contribution in [1.82, 2.24) is 30.7 Å². The minimum absolute atomic E-state index is 0.0201. The van der Waals surface area contributed by atoms with Crippen molar-refractivity contribution in [2.45, 2.75) is 140 Å². The summed E-state index contributed by atoms with van der Waals surface area (Å²) in [6.07, 6.45) is 6.56. The lowest BCUT2D eigenvalue weighted by molar-refractivity contribution is -0.251. The van der Waals surface area contributed by atoms with Crippen LogP contribution in [-0.2, 0) is 52.9 Å². The Morgan fingerprint density at radius 3 is 2.12 bits per heavy atom. The van der Waals surface area contributed by atoms with E-state index < -0.39 is 59.9 Å². The summed E-state index contributed by atoms with van der Waals surface area (Å²) < 4.78 is 7.81. The van der Waals surface area contributed by atoms with E-state index in [2.05, 4.69) is 38.4 Å². The van der Waals surface area contributed by atoms with Gasteiger partial charge >= 0.3 is 0 Å². The van der Waals surface area contributed by atoms with Crippen LogP contribution < -0.4 is 26.4 Å². The van der Waals surface area contributed by atoms with E-state index in [0.717, 1.165) is 45.1 Å². The lowest BCUT2D eigenvalue weighted by Gasteiger charge is -2.39. The average molecular weight is 1110 g/mol. The summed E-state index contributed by atoms with van der Waals surface area (Å²) >= 11 is 0. The van der Waals surface area contributed by atoms with Crippen molar-refractivity contribution < 1.29 is 43.4 Å². The first-order valence-corrected chi connectivity index (χ1v) is 29.1. The molecule has 82 heavy (non-hydrogen) atoms. The van der Waals surface area contributed by atoms with E-state index in [4.69, 9.17) is 4.74 Å². The minimum atomic E-state index is -1.20. The number of nitrogens with one attached hydrogen (secondary N) is 4. The van der Waals surface area contributed by atoms with E-state index in [1.165, 1.54) is 0 Å². The number of ether oxygens (including phenoxy) is 1. The van der Waals surface area contributed by atoms with E-state index >= 15 is 0 Å². The number of amides is 5. The van der Waals surface area contributed by atoms with Crippen molar-refractivity contribution >= 4 is 58.1 Å². The van der Waals surface area contributed by atoms with Crippen molar-refractivity contribution in [1.29, 1.82) is 0 Å². The Bertz CT molecular complexity index is 3250. The predicted molar refractivity (Wildman–Crippen MR) is 313 cm³/mol. The second-order valence-electron chi connectivity index (χ2n) is 21.9. The maximum absolute atomic E-state index is 14.7. The number of Topliss-reactive ketones (excluding diaryl/α,β-unsaturated/α-hetero) is 1. The molecule has 0 radical (unpaired) electrons. The van der Waals surface area contributed by atoms with E-state index in [1.54, 1.807) is 53.4 Å². The van der Waals surface area contributed by atoms with E-state index in [1.807, 2.05) is 98.3 Å². The van der Waals surface area contributed by atoms with Gasteiger partial charge < -0.3 is 40.6 Å². The zero-order chi connectivity index (χ0) is 57.7. The maximum atomic E-state index is 14.7. The molecule has 2 fully saturated rings. The van der Waals surface area contributed by atoms with Crippen LogP contribution in [0.2, 0.25) is 0 Å². The van der Waals surface area contributed by atoms with E-state index in [0.29, 0.717) is 74.6 Å². The Morgan fingerprint density at radius 1 is 0.744 bits per heavy atom.